The Labute approximate surface area is 121 Å². The molecule has 3 rings (SSSR count). The molecule has 0 atom stereocenters. The number of benzene rings is 2. The third-order valence-corrected chi connectivity index (χ3v) is 3.39. The van der Waals surface area contributed by atoms with Crippen molar-refractivity contribution < 1.29 is 19.1 Å². The lowest BCUT2D eigenvalue weighted by Crippen LogP contribution is -1.99. The standard InChI is InChI=1S/C17H14O4/c1-10-3-5-11(6-4-10)15(18)17-16(19)13-9-12(20-2)7-8-14(13)21-17/h3-9,19H,1-2H3. The van der Waals surface area contributed by atoms with Crippen LogP contribution in [0, 0.1) is 6.92 Å². The summed E-state index contributed by atoms with van der Waals surface area (Å²) in [5.74, 6) is 0.0344. The number of carbonyl (C=O) groups is 1. The third-order valence-electron chi connectivity index (χ3n) is 3.39. The maximum Gasteiger partial charge on any atom is 0.232 e. The van der Waals surface area contributed by atoms with Crippen LogP contribution in [0.2, 0.25) is 0 Å². The van der Waals surface area contributed by atoms with E-state index in [1.807, 2.05) is 19.1 Å². The van der Waals surface area contributed by atoms with Gasteiger partial charge in [0.15, 0.2) is 5.75 Å². The van der Waals surface area contributed by atoms with Crippen LogP contribution in [0.25, 0.3) is 11.0 Å². The number of rotatable bonds is 3. The van der Waals surface area contributed by atoms with Crippen LogP contribution in [0.5, 0.6) is 11.5 Å². The largest absolute Gasteiger partial charge is 0.504 e. The topological polar surface area (TPSA) is 59.7 Å². The van der Waals surface area contributed by atoms with Crippen LogP contribution in [0.3, 0.4) is 0 Å². The Balaban J connectivity index is 2.09. The van der Waals surface area contributed by atoms with Gasteiger partial charge in [-0.05, 0) is 25.1 Å². The number of carbonyl (C=O) groups excluding carboxylic acids is 1. The Morgan fingerprint density at radius 1 is 1.14 bits per heavy atom. The van der Waals surface area contributed by atoms with Gasteiger partial charge in [0.1, 0.15) is 11.3 Å². The Kier molecular flexibility index (Phi) is 3.14. The molecule has 0 unspecified atom stereocenters. The number of aromatic hydroxyl groups is 1. The second-order valence-electron chi connectivity index (χ2n) is 4.84. The zero-order valence-electron chi connectivity index (χ0n) is 11.7. The van der Waals surface area contributed by atoms with Gasteiger partial charge in [-0.15, -0.1) is 0 Å². The smallest absolute Gasteiger partial charge is 0.232 e. The average Bonchev–Trinajstić information content (AvgIpc) is 2.84. The van der Waals surface area contributed by atoms with E-state index in [0.717, 1.165) is 5.56 Å². The summed E-state index contributed by atoms with van der Waals surface area (Å²) in [5, 5.41) is 10.7. The molecule has 4 nitrogen and oxygen atoms in total. The average molecular weight is 282 g/mol. The molecule has 4 heteroatoms. The van der Waals surface area contributed by atoms with Crippen molar-refractivity contribution in [2.45, 2.75) is 6.92 Å². The van der Waals surface area contributed by atoms with E-state index in [2.05, 4.69) is 0 Å². The number of fused-ring (bicyclic) bond motifs is 1. The molecular weight excluding hydrogens is 268 g/mol. The van der Waals surface area contributed by atoms with Gasteiger partial charge in [-0.1, -0.05) is 29.8 Å². The number of hydrogen-bond acceptors (Lipinski definition) is 4. The monoisotopic (exact) mass is 282 g/mol. The fourth-order valence-corrected chi connectivity index (χ4v) is 2.18. The number of furan rings is 1. The van der Waals surface area contributed by atoms with E-state index in [1.54, 1.807) is 30.3 Å². The molecule has 0 saturated carbocycles. The molecule has 3 aromatic rings. The zero-order chi connectivity index (χ0) is 15.0. The van der Waals surface area contributed by atoms with Crippen LogP contribution < -0.4 is 4.74 Å². The van der Waals surface area contributed by atoms with Crippen LogP contribution in [-0.2, 0) is 0 Å². The molecule has 106 valence electrons. The van der Waals surface area contributed by atoms with Crippen molar-refractivity contribution >= 4 is 16.8 Å². The normalized spacial score (nSPS) is 10.8. The van der Waals surface area contributed by atoms with Gasteiger partial charge in [0.2, 0.25) is 11.5 Å². The summed E-state index contributed by atoms with van der Waals surface area (Å²) in [6.45, 7) is 1.94. The SMILES string of the molecule is COc1ccc2oc(C(=O)c3ccc(C)cc3)c(O)c2c1. The number of ketones is 1. The van der Waals surface area contributed by atoms with E-state index in [1.165, 1.54) is 7.11 Å². The molecule has 0 aliphatic heterocycles. The molecule has 1 aromatic heterocycles. The quantitative estimate of drug-likeness (QED) is 0.744. The van der Waals surface area contributed by atoms with E-state index in [-0.39, 0.29) is 17.3 Å². The summed E-state index contributed by atoms with van der Waals surface area (Å²) in [6.07, 6.45) is 0. The number of ether oxygens (including phenoxy) is 1. The van der Waals surface area contributed by atoms with Crippen LogP contribution in [0.4, 0.5) is 0 Å². The highest BCUT2D eigenvalue weighted by molar-refractivity contribution is 6.11. The maximum absolute atomic E-state index is 12.4. The fraction of sp³-hybridized carbons (Fsp3) is 0.118. The molecule has 0 radical (unpaired) electrons. The van der Waals surface area contributed by atoms with E-state index in [9.17, 15) is 9.90 Å². The molecule has 0 bridgehead atoms. The Bertz CT molecular complexity index is 813. The summed E-state index contributed by atoms with van der Waals surface area (Å²) >= 11 is 0. The first-order valence-corrected chi connectivity index (χ1v) is 6.51. The fourth-order valence-electron chi connectivity index (χ4n) is 2.18. The van der Waals surface area contributed by atoms with E-state index in [0.29, 0.717) is 22.3 Å². The van der Waals surface area contributed by atoms with Gasteiger partial charge in [-0.25, -0.2) is 0 Å². The van der Waals surface area contributed by atoms with Crippen molar-refractivity contribution in [2.24, 2.45) is 0 Å². The van der Waals surface area contributed by atoms with Crippen LogP contribution in [0.1, 0.15) is 21.7 Å². The van der Waals surface area contributed by atoms with Gasteiger partial charge >= 0.3 is 0 Å². The lowest BCUT2D eigenvalue weighted by atomic mass is 10.1. The minimum Gasteiger partial charge on any atom is -0.504 e. The lowest BCUT2D eigenvalue weighted by molar-refractivity contribution is 0.101. The Morgan fingerprint density at radius 2 is 1.86 bits per heavy atom. The molecule has 1 N–H and O–H groups in total. The molecular formula is C17H14O4. The van der Waals surface area contributed by atoms with Crippen molar-refractivity contribution in [1.82, 2.24) is 0 Å². The number of methoxy groups -OCH3 is 1. The Hall–Kier alpha value is -2.75. The lowest BCUT2D eigenvalue weighted by Gasteiger charge is -1.99. The molecule has 0 fully saturated rings. The van der Waals surface area contributed by atoms with Crippen LogP contribution in [-0.4, -0.2) is 18.0 Å². The summed E-state index contributed by atoms with van der Waals surface area (Å²) in [5.41, 5.74) is 1.98. The second-order valence-corrected chi connectivity index (χ2v) is 4.84. The van der Waals surface area contributed by atoms with E-state index < -0.39 is 0 Å². The van der Waals surface area contributed by atoms with Gasteiger partial charge < -0.3 is 14.3 Å². The van der Waals surface area contributed by atoms with Crippen molar-refractivity contribution in [2.75, 3.05) is 7.11 Å². The van der Waals surface area contributed by atoms with Gasteiger partial charge in [0.05, 0.1) is 12.5 Å². The molecule has 0 aliphatic carbocycles. The highest BCUT2D eigenvalue weighted by Crippen LogP contribution is 2.35. The van der Waals surface area contributed by atoms with Crippen molar-refractivity contribution in [3.63, 3.8) is 0 Å². The van der Waals surface area contributed by atoms with Gasteiger partial charge in [0.25, 0.3) is 0 Å². The molecule has 0 amide bonds. The van der Waals surface area contributed by atoms with E-state index in [4.69, 9.17) is 9.15 Å². The van der Waals surface area contributed by atoms with Gasteiger partial charge in [-0.3, -0.25) is 4.79 Å². The van der Waals surface area contributed by atoms with Crippen LogP contribution >= 0.6 is 0 Å². The summed E-state index contributed by atoms with van der Waals surface area (Å²) in [6, 6.07) is 12.1. The molecule has 0 spiro atoms. The van der Waals surface area contributed by atoms with Gasteiger partial charge in [0, 0.05) is 5.56 Å². The Morgan fingerprint density at radius 3 is 2.52 bits per heavy atom. The minimum atomic E-state index is -0.345. The number of aryl methyl sites for hydroxylation is 1. The molecule has 2 aromatic carbocycles. The van der Waals surface area contributed by atoms with Crippen LogP contribution in [0.15, 0.2) is 46.9 Å². The molecule has 0 aliphatic rings. The maximum atomic E-state index is 12.4. The van der Waals surface area contributed by atoms with Crippen molar-refractivity contribution in [3.8, 4) is 11.5 Å². The first kappa shape index (κ1) is 13.2. The summed E-state index contributed by atoms with van der Waals surface area (Å²) in [7, 11) is 1.54. The predicted octanol–water partition coefficient (Wildman–Crippen LogP) is 3.69. The molecule has 0 saturated heterocycles. The molecule has 21 heavy (non-hydrogen) atoms. The van der Waals surface area contributed by atoms with E-state index >= 15 is 0 Å². The number of hydrogen-bond donors (Lipinski definition) is 1. The summed E-state index contributed by atoms with van der Waals surface area (Å²) in [4.78, 5) is 12.4. The predicted molar refractivity (Wildman–Crippen MR) is 79.0 cm³/mol. The summed E-state index contributed by atoms with van der Waals surface area (Å²) < 4.78 is 10.6. The first-order valence-electron chi connectivity index (χ1n) is 6.51. The van der Waals surface area contributed by atoms with Gasteiger partial charge in [-0.2, -0.15) is 0 Å². The highest BCUT2D eigenvalue weighted by atomic mass is 16.5. The second kappa shape index (κ2) is 4.98. The first-order chi connectivity index (χ1) is 10.1. The zero-order valence-corrected chi connectivity index (χ0v) is 11.7. The minimum absolute atomic E-state index is 0.0536. The third kappa shape index (κ3) is 2.25. The molecule has 1 heterocycles. The van der Waals surface area contributed by atoms with Crippen molar-refractivity contribution in [1.29, 1.82) is 0 Å². The van der Waals surface area contributed by atoms with Crippen molar-refractivity contribution in [3.05, 3.63) is 59.4 Å². The highest BCUT2D eigenvalue weighted by Gasteiger charge is 2.21.